The van der Waals surface area contributed by atoms with Gasteiger partial charge < -0.3 is 0 Å². The number of aryl methyl sites for hydroxylation is 1. The molecule has 0 saturated heterocycles. The Morgan fingerprint density at radius 1 is 1.41 bits per heavy atom. The third-order valence-electron chi connectivity index (χ3n) is 2.27. The Bertz CT molecular complexity index is 420. The van der Waals surface area contributed by atoms with E-state index in [1.54, 1.807) is 12.4 Å². The number of nitrogens with zero attached hydrogens (tertiary/aromatic N) is 1. The van der Waals surface area contributed by atoms with Crippen molar-refractivity contribution < 1.29 is 8.42 Å². The molecule has 0 aliphatic carbocycles. The Morgan fingerprint density at radius 2 is 2.06 bits per heavy atom. The lowest BCUT2D eigenvalue weighted by molar-refractivity contribution is 0.578. The van der Waals surface area contributed by atoms with E-state index in [1.807, 2.05) is 19.1 Å². The van der Waals surface area contributed by atoms with Crippen LogP contribution in [0.4, 0.5) is 0 Å². The van der Waals surface area contributed by atoms with Crippen molar-refractivity contribution in [1.82, 2.24) is 9.71 Å². The smallest absolute Gasteiger partial charge is 0.211 e. The summed E-state index contributed by atoms with van der Waals surface area (Å²) in [7, 11) is -3.17. The van der Waals surface area contributed by atoms with Gasteiger partial charge in [-0.1, -0.05) is 22.9 Å². The summed E-state index contributed by atoms with van der Waals surface area (Å²) in [6, 6.07) is 3.66. The molecule has 0 fully saturated rings. The molecule has 1 unspecified atom stereocenters. The largest absolute Gasteiger partial charge is 0.265 e. The Morgan fingerprint density at radius 3 is 2.65 bits per heavy atom. The van der Waals surface area contributed by atoms with Gasteiger partial charge in [-0.2, -0.15) is 0 Å². The van der Waals surface area contributed by atoms with Crippen LogP contribution in [0.15, 0.2) is 24.5 Å². The molecule has 1 heterocycles. The van der Waals surface area contributed by atoms with Gasteiger partial charge in [-0.25, -0.2) is 13.1 Å². The summed E-state index contributed by atoms with van der Waals surface area (Å²) in [5.41, 5.74) is 0.985. The SMILES string of the molecule is CC(Br)CCNS(=O)(=O)CCc1ccncc1. The fourth-order valence-electron chi connectivity index (χ4n) is 1.29. The summed E-state index contributed by atoms with van der Waals surface area (Å²) in [4.78, 5) is 4.21. The third kappa shape index (κ3) is 6.75. The molecule has 0 amide bonds. The van der Waals surface area contributed by atoms with Gasteiger partial charge in [0.05, 0.1) is 5.75 Å². The Kier molecular flexibility index (Phi) is 6.08. The van der Waals surface area contributed by atoms with Crippen LogP contribution in [0.5, 0.6) is 0 Å². The molecule has 0 saturated carbocycles. The fraction of sp³-hybridized carbons (Fsp3) is 0.545. The predicted molar refractivity (Wildman–Crippen MR) is 72.7 cm³/mol. The summed E-state index contributed by atoms with van der Waals surface area (Å²) in [5, 5.41) is 0. The average Bonchev–Trinajstić information content (AvgIpc) is 2.27. The molecule has 17 heavy (non-hydrogen) atoms. The minimum atomic E-state index is -3.17. The number of nitrogens with one attached hydrogen (secondary N) is 1. The number of pyridine rings is 1. The van der Waals surface area contributed by atoms with Crippen LogP contribution in [0.3, 0.4) is 0 Å². The first-order valence-corrected chi connectivity index (χ1v) is 8.07. The maximum Gasteiger partial charge on any atom is 0.211 e. The second kappa shape index (κ2) is 7.08. The van der Waals surface area contributed by atoms with Crippen molar-refractivity contribution in [2.75, 3.05) is 12.3 Å². The van der Waals surface area contributed by atoms with Gasteiger partial charge >= 0.3 is 0 Å². The molecule has 1 atom stereocenters. The van der Waals surface area contributed by atoms with E-state index in [1.165, 1.54) is 0 Å². The molecule has 1 aromatic rings. The molecule has 0 aliphatic rings. The summed E-state index contributed by atoms with van der Waals surface area (Å²) in [5.74, 6) is 0.119. The first-order chi connectivity index (χ1) is 7.99. The first-order valence-electron chi connectivity index (χ1n) is 5.50. The zero-order valence-electron chi connectivity index (χ0n) is 9.77. The topological polar surface area (TPSA) is 59.1 Å². The van der Waals surface area contributed by atoms with E-state index in [-0.39, 0.29) is 5.75 Å². The normalized spacial score (nSPS) is 13.5. The minimum absolute atomic E-state index is 0.119. The van der Waals surface area contributed by atoms with Crippen LogP contribution in [0, 0.1) is 0 Å². The van der Waals surface area contributed by atoms with Gasteiger partial charge in [0.1, 0.15) is 0 Å². The Balaban J connectivity index is 2.35. The van der Waals surface area contributed by atoms with Gasteiger partial charge in [-0.3, -0.25) is 4.98 Å². The molecule has 0 aliphatic heterocycles. The fourth-order valence-corrected chi connectivity index (χ4v) is 2.59. The highest BCUT2D eigenvalue weighted by atomic mass is 79.9. The predicted octanol–water partition coefficient (Wildman–Crippen LogP) is 1.72. The summed E-state index contributed by atoms with van der Waals surface area (Å²) in [6.45, 7) is 2.47. The van der Waals surface area contributed by atoms with E-state index < -0.39 is 10.0 Å². The van der Waals surface area contributed by atoms with E-state index in [9.17, 15) is 8.42 Å². The molecule has 1 rings (SSSR count). The van der Waals surface area contributed by atoms with Gasteiger partial charge in [0.25, 0.3) is 0 Å². The minimum Gasteiger partial charge on any atom is -0.265 e. The molecular weight excluding hydrogens is 304 g/mol. The number of hydrogen-bond acceptors (Lipinski definition) is 3. The van der Waals surface area contributed by atoms with Crippen molar-refractivity contribution in [3.05, 3.63) is 30.1 Å². The van der Waals surface area contributed by atoms with Crippen LogP contribution >= 0.6 is 15.9 Å². The van der Waals surface area contributed by atoms with E-state index >= 15 is 0 Å². The van der Waals surface area contributed by atoms with Gasteiger partial charge in [0, 0.05) is 23.8 Å². The van der Waals surface area contributed by atoms with Gasteiger partial charge in [0.15, 0.2) is 0 Å². The maximum atomic E-state index is 11.6. The monoisotopic (exact) mass is 320 g/mol. The molecule has 96 valence electrons. The van der Waals surface area contributed by atoms with Gasteiger partial charge in [-0.15, -0.1) is 0 Å². The zero-order valence-corrected chi connectivity index (χ0v) is 12.2. The molecule has 0 bridgehead atoms. The van der Waals surface area contributed by atoms with E-state index in [2.05, 4.69) is 25.6 Å². The number of sulfonamides is 1. The quantitative estimate of drug-likeness (QED) is 0.778. The summed E-state index contributed by atoms with van der Waals surface area (Å²) < 4.78 is 25.9. The van der Waals surface area contributed by atoms with Crippen LogP contribution in [-0.2, 0) is 16.4 Å². The number of rotatable bonds is 7. The van der Waals surface area contributed by atoms with Crippen LogP contribution in [-0.4, -0.2) is 30.5 Å². The number of hydrogen-bond donors (Lipinski definition) is 1. The number of alkyl halides is 1. The number of aromatic nitrogens is 1. The molecule has 1 aromatic heterocycles. The molecule has 1 N–H and O–H groups in total. The average molecular weight is 321 g/mol. The molecular formula is C11H17BrN2O2S. The molecule has 0 spiro atoms. The second-order valence-corrected chi connectivity index (χ2v) is 7.38. The van der Waals surface area contributed by atoms with Crippen LogP contribution in [0.2, 0.25) is 0 Å². The van der Waals surface area contributed by atoms with Crippen molar-refractivity contribution >= 4 is 26.0 Å². The van der Waals surface area contributed by atoms with Crippen LogP contribution < -0.4 is 4.72 Å². The van der Waals surface area contributed by atoms with Crippen molar-refractivity contribution in [2.24, 2.45) is 0 Å². The highest BCUT2D eigenvalue weighted by Crippen LogP contribution is 2.03. The van der Waals surface area contributed by atoms with Crippen LogP contribution in [0.1, 0.15) is 18.9 Å². The third-order valence-corrected chi connectivity index (χ3v) is 4.12. The molecule has 6 heteroatoms. The highest BCUT2D eigenvalue weighted by molar-refractivity contribution is 9.09. The van der Waals surface area contributed by atoms with Crippen LogP contribution in [0.25, 0.3) is 0 Å². The van der Waals surface area contributed by atoms with Crippen molar-refractivity contribution in [1.29, 1.82) is 0 Å². The standard InChI is InChI=1S/C11H17BrN2O2S/c1-10(12)2-8-14-17(15,16)9-5-11-3-6-13-7-4-11/h3-4,6-7,10,14H,2,5,8-9H2,1H3. The van der Waals surface area contributed by atoms with E-state index in [0.29, 0.717) is 17.8 Å². The van der Waals surface area contributed by atoms with E-state index in [4.69, 9.17) is 0 Å². The zero-order chi connectivity index (χ0) is 12.7. The van der Waals surface area contributed by atoms with E-state index in [0.717, 1.165) is 12.0 Å². The first kappa shape index (κ1) is 14.6. The van der Waals surface area contributed by atoms with Crippen molar-refractivity contribution in [2.45, 2.75) is 24.6 Å². The lowest BCUT2D eigenvalue weighted by Gasteiger charge is -2.07. The van der Waals surface area contributed by atoms with Crippen molar-refractivity contribution in [3.63, 3.8) is 0 Å². The summed E-state index contributed by atoms with van der Waals surface area (Å²) >= 11 is 3.38. The Hall–Kier alpha value is -0.460. The summed E-state index contributed by atoms with van der Waals surface area (Å²) in [6.07, 6.45) is 4.64. The lowest BCUT2D eigenvalue weighted by atomic mass is 10.2. The molecule has 0 aromatic carbocycles. The number of halogens is 1. The highest BCUT2D eigenvalue weighted by Gasteiger charge is 2.10. The van der Waals surface area contributed by atoms with Gasteiger partial charge in [-0.05, 0) is 30.5 Å². The molecule has 0 radical (unpaired) electrons. The molecule has 4 nitrogen and oxygen atoms in total. The lowest BCUT2D eigenvalue weighted by Crippen LogP contribution is -2.29. The van der Waals surface area contributed by atoms with Crippen molar-refractivity contribution in [3.8, 4) is 0 Å². The second-order valence-electron chi connectivity index (χ2n) is 3.89. The van der Waals surface area contributed by atoms with Gasteiger partial charge in [0.2, 0.25) is 10.0 Å². The Labute approximate surface area is 111 Å². The maximum absolute atomic E-state index is 11.6.